The SMILES string of the molecule is CN1CC2(CC2)CC1CO. The maximum atomic E-state index is 8.95. The highest BCUT2D eigenvalue weighted by molar-refractivity contribution is 5.03. The third kappa shape index (κ3) is 0.867. The maximum Gasteiger partial charge on any atom is 0.0586 e. The van der Waals surface area contributed by atoms with Crippen LogP contribution in [0.1, 0.15) is 19.3 Å². The molecule has 0 bridgehead atoms. The molecule has 0 amide bonds. The molecule has 0 aromatic rings. The van der Waals surface area contributed by atoms with Gasteiger partial charge in [0.15, 0.2) is 0 Å². The molecule has 2 fully saturated rings. The lowest BCUT2D eigenvalue weighted by molar-refractivity contribution is 0.182. The lowest BCUT2D eigenvalue weighted by Gasteiger charge is -2.15. The second-order valence-corrected chi connectivity index (χ2v) is 3.96. The third-order valence-corrected chi connectivity index (χ3v) is 3.04. The molecular formula is C8H15NO. The van der Waals surface area contributed by atoms with Crippen LogP contribution in [-0.4, -0.2) is 36.2 Å². The van der Waals surface area contributed by atoms with Gasteiger partial charge in [-0.15, -0.1) is 0 Å². The molecule has 1 spiro atoms. The predicted octanol–water partition coefficient (Wildman–Crippen LogP) is 0.463. The van der Waals surface area contributed by atoms with Crippen LogP contribution in [0.25, 0.3) is 0 Å². The van der Waals surface area contributed by atoms with E-state index in [1.165, 1.54) is 25.8 Å². The molecular weight excluding hydrogens is 126 g/mol. The molecule has 58 valence electrons. The van der Waals surface area contributed by atoms with Gasteiger partial charge in [-0.25, -0.2) is 0 Å². The van der Waals surface area contributed by atoms with Gasteiger partial charge in [-0.05, 0) is 31.7 Å². The number of nitrogens with zero attached hydrogens (tertiary/aromatic N) is 1. The van der Waals surface area contributed by atoms with Crippen LogP contribution in [0.3, 0.4) is 0 Å². The van der Waals surface area contributed by atoms with Crippen molar-refractivity contribution in [2.45, 2.75) is 25.3 Å². The Morgan fingerprint density at radius 1 is 1.60 bits per heavy atom. The maximum absolute atomic E-state index is 8.95. The van der Waals surface area contributed by atoms with Crippen molar-refractivity contribution in [1.82, 2.24) is 4.90 Å². The summed E-state index contributed by atoms with van der Waals surface area (Å²) in [6.45, 7) is 1.57. The molecule has 1 unspecified atom stereocenters. The van der Waals surface area contributed by atoms with Crippen LogP contribution >= 0.6 is 0 Å². The largest absolute Gasteiger partial charge is 0.395 e. The van der Waals surface area contributed by atoms with Gasteiger partial charge in [0, 0.05) is 12.6 Å². The number of rotatable bonds is 1. The average molecular weight is 141 g/mol. The molecule has 1 saturated heterocycles. The lowest BCUT2D eigenvalue weighted by Crippen LogP contribution is -2.27. The third-order valence-electron chi connectivity index (χ3n) is 3.04. The Morgan fingerprint density at radius 3 is 2.60 bits per heavy atom. The number of likely N-dealkylation sites (N-methyl/N-ethyl adjacent to an activating group) is 1. The molecule has 0 radical (unpaired) electrons. The summed E-state index contributed by atoms with van der Waals surface area (Å²) in [5, 5.41) is 8.95. The van der Waals surface area contributed by atoms with Crippen LogP contribution in [0.15, 0.2) is 0 Å². The Bertz CT molecular complexity index is 142. The van der Waals surface area contributed by atoms with Crippen molar-refractivity contribution in [2.75, 3.05) is 20.2 Å². The minimum atomic E-state index is 0.345. The van der Waals surface area contributed by atoms with E-state index in [9.17, 15) is 0 Å². The first-order valence-electron chi connectivity index (χ1n) is 4.07. The number of aliphatic hydroxyl groups is 1. The van der Waals surface area contributed by atoms with Gasteiger partial charge in [0.1, 0.15) is 0 Å². The highest BCUT2D eigenvalue weighted by Gasteiger charge is 2.50. The van der Waals surface area contributed by atoms with Gasteiger partial charge < -0.3 is 10.0 Å². The molecule has 2 nitrogen and oxygen atoms in total. The van der Waals surface area contributed by atoms with Gasteiger partial charge in [-0.2, -0.15) is 0 Å². The van der Waals surface area contributed by atoms with E-state index in [1.54, 1.807) is 0 Å². The summed E-state index contributed by atoms with van der Waals surface area (Å²) in [7, 11) is 2.12. The van der Waals surface area contributed by atoms with Gasteiger partial charge in [0.25, 0.3) is 0 Å². The van der Waals surface area contributed by atoms with Crippen LogP contribution in [0.4, 0.5) is 0 Å². The van der Waals surface area contributed by atoms with Crippen LogP contribution in [-0.2, 0) is 0 Å². The zero-order valence-electron chi connectivity index (χ0n) is 6.51. The summed E-state index contributed by atoms with van der Waals surface area (Å²) < 4.78 is 0. The summed E-state index contributed by atoms with van der Waals surface area (Å²) in [5.41, 5.74) is 0.655. The molecule has 1 heterocycles. The Hall–Kier alpha value is -0.0800. The van der Waals surface area contributed by atoms with Crippen LogP contribution < -0.4 is 0 Å². The first-order valence-corrected chi connectivity index (χ1v) is 4.07. The van der Waals surface area contributed by atoms with E-state index in [4.69, 9.17) is 5.11 Å². The van der Waals surface area contributed by atoms with Gasteiger partial charge in [0.05, 0.1) is 6.61 Å². The fourth-order valence-electron chi connectivity index (χ4n) is 2.12. The topological polar surface area (TPSA) is 23.5 Å². The van der Waals surface area contributed by atoms with E-state index in [0.717, 1.165) is 0 Å². The van der Waals surface area contributed by atoms with E-state index >= 15 is 0 Å². The van der Waals surface area contributed by atoms with E-state index < -0.39 is 0 Å². The van der Waals surface area contributed by atoms with Gasteiger partial charge >= 0.3 is 0 Å². The van der Waals surface area contributed by atoms with E-state index in [2.05, 4.69) is 11.9 Å². The number of hydrogen-bond acceptors (Lipinski definition) is 2. The number of likely N-dealkylation sites (tertiary alicyclic amines) is 1. The highest BCUT2D eigenvalue weighted by Crippen LogP contribution is 2.54. The molecule has 1 aliphatic heterocycles. The fraction of sp³-hybridized carbons (Fsp3) is 1.00. The molecule has 0 aromatic carbocycles. The van der Waals surface area contributed by atoms with E-state index in [-0.39, 0.29) is 0 Å². The lowest BCUT2D eigenvalue weighted by atomic mass is 10.0. The van der Waals surface area contributed by atoms with Crippen molar-refractivity contribution in [3.8, 4) is 0 Å². The molecule has 1 N–H and O–H groups in total. The summed E-state index contributed by atoms with van der Waals surface area (Å²) in [6, 6.07) is 0.461. The average Bonchev–Trinajstić information content (AvgIpc) is 2.55. The second kappa shape index (κ2) is 1.95. The Labute approximate surface area is 61.8 Å². The molecule has 1 atom stereocenters. The minimum Gasteiger partial charge on any atom is -0.395 e. The number of hydrogen-bond donors (Lipinski definition) is 1. The van der Waals surface area contributed by atoms with Crippen molar-refractivity contribution in [1.29, 1.82) is 0 Å². The zero-order chi connectivity index (χ0) is 7.19. The Balaban J connectivity index is 2.00. The predicted molar refractivity (Wildman–Crippen MR) is 39.8 cm³/mol. The number of aliphatic hydroxyl groups excluding tert-OH is 1. The molecule has 2 aliphatic rings. The van der Waals surface area contributed by atoms with Crippen molar-refractivity contribution in [2.24, 2.45) is 5.41 Å². The standard InChI is InChI=1S/C8H15NO/c1-9-6-8(2-3-8)4-7(9)5-10/h7,10H,2-6H2,1H3. The molecule has 10 heavy (non-hydrogen) atoms. The first-order chi connectivity index (χ1) is 4.76. The Morgan fingerprint density at radius 2 is 2.30 bits per heavy atom. The first kappa shape index (κ1) is 6.62. The van der Waals surface area contributed by atoms with Crippen molar-refractivity contribution in [3.05, 3.63) is 0 Å². The second-order valence-electron chi connectivity index (χ2n) is 3.96. The van der Waals surface area contributed by atoms with Crippen LogP contribution in [0, 0.1) is 5.41 Å². The van der Waals surface area contributed by atoms with Gasteiger partial charge in [-0.1, -0.05) is 0 Å². The quantitative estimate of drug-likeness (QED) is 0.573. The fourth-order valence-corrected chi connectivity index (χ4v) is 2.12. The highest BCUT2D eigenvalue weighted by atomic mass is 16.3. The molecule has 2 rings (SSSR count). The molecule has 1 saturated carbocycles. The van der Waals surface area contributed by atoms with E-state index in [1.807, 2.05) is 0 Å². The normalized spacial score (nSPS) is 37.2. The smallest absolute Gasteiger partial charge is 0.0586 e. The minimum absolute atomic E-state index is 0.345. The van der Waals surface area contributed by atoms with Crippen molar-refractivity contribution >= 4 is 0 Å². The van der Waals surface area contributed by atoms with E-state index in [0.29, 0.717) is 18.1 Å². The molecule has 1 aliphatic carbocycles. The zero-order valence-corrected chi connectivity index (χ0v) is 6.51. The van der Waals surface area contributed by atoms with Crippen LogP contribution in [0.2, 0.25) is 0 Å². The van der Waals surface area contributed by atoms with Crippen molar-refractivity contribution in [3.63, 3.8) is 0 Å². The summed E-state index contributed by atoms with van der Waals surface area (Å²) >= 11 is 0. The van der Waals surface area contributed by atoms with Crippen molar-refractivity contribution < 1.29 is 5.11 Å². The summed E-state index contributed by atoms with van der Waals surface area (Å²) in [5.74, 6) is 0. The van der Waals surface area contributed by atoms with Gasteiger partial charge in [0.2, 0.25) is 0 Å². The molecule has 0 aromatic heterocycles. The van der Waals surface area contributed by atoms with Gasteiger partial charge in [-0.3, -0.25) is 0 Å². The monoisotopic (exact) mass is 141 g/mol. The van der Waals surface area contributed by atoms with Crippen LogP contribution in [0.5, 0.6) is 0 Å². The summed E-state index contributed by atoms with van der Waals surface area (Å²) in [6.07, 6.45) is 4.03. The Kier molecular flexibility index (Phi) is 1.29. The summed E-state index contributed by atoms with van der Waals surface area (Å²) in [4.78, 5) is 2.30. The molecule has 2 heteroatoms.